The van der Waals surface area contributed by atoms with Gasteiger partial charge in [0.2, 0.25) is 0 Å². The molecule has 27 heavy (non-hydrogen) atoms. The van der Waals surface area contributed by atoms with Gasteiger partial charge in [-0.15, -0.1) is 0 Å². The molecule has 0 bridgehead atoms. The van der Waals surface area contributed by atoms with Gasteiger partial charge in [-0.1, -0.05) is 11.8 Å². The molecule has 3 atom stereocenters. The first kappa shape index (κ1) is 19.4. The topological polar surface area (TPSA) is 50.7 Å². The number of rotatable bonds is 5. The molecule has 3 fully saturated rings. The Morgan fingerprint density at radius 3 is 2.93 bits per heavy atom. The zero-order valence-corrected chi connectivity index (χ0v) is 17.4. The van der Waals surface area contributed by atoms with Crippen molar-refractivity contribution in [2.75, 3.05) is 64.3 Å². The van der Waals surface area contributed by atoms with E-state index in [4.69, 9.17) is 14.5 Å². The zero-order chi connectivity index (χ0) is 18.7. The molecule has 3 heterocycles. The summed E-state index contributed by atoms with van der Waals surface area (Å²) in [6.45, 7) is 6.96. The van der Waals surface area contributed by atoms with Crippen LogP contribution in [0.15, 0.2) is 17.4 Å². The Labute approximate surface area is 167 Å². The van der Waals surface area contributed by atoms with Gasteiger partial charge in [-0.05, 0) is 43.9 Å². The SMILES string of the molecule is COC[C@@]12CC[C@@H](N3CCOCC3)C[C@H]1CCN(c1ccnc(SC)n1)C2. The Morgan fingerprint density at radius 2 is 2.15 bits per heavy atom. The van der Waals surface area contributed by atoms with Crippen molar-refractivity contribution in [2.45, 2.75) is 36.9 Å². The molecule has 1 saturated carbocycles. The number of hydrogen-bond acceptors (Lipinski definition) is 7. The number of aromatic nitrogens is 2. The van der Waals surface area contributed by atoms with Gasteiger partial charge in [-0.25, -0.2) is 9.97 Å². The maximum atomic E-state index is 5.75. The Balaban J connectivity index is 1.48. The first-order chi connectivity index (χ1) is 13.2. The summed E-state index contributed by atoms with van der Waals surface area (Å²) in [6.07, 6.45) is 8.96. The van der Waals surface area contributed by atoms with Crippen molar-refractivity contribution in [3.63, 3.8) is 0 Å². The van der Waals surface area contributed by atoms with E-state index in [1.807, 2.05) is 19.6 Å². The number of nitrogens with zero attached hydrogens (tertiary/aromatic N) is 4. The lowest BCUT2D eigenvalue weighted by molar-refractivity contribution is -0.0540. The molecule has 7 heteroatoms. The van der Waals surface area contributed by atoms with E-state index in [0.717, 1.165) is 68.9 Å². The van der Waals surface area contributed by atoms with Gasteiger partial charge in [0.05, 0.1) is 19.8 Å². The van der Waals surface area contributed by atoms with Crippen molar-refractivity contribution in [1.82, 2.24) is 14.9 Å². The monoisotopic (exact) mass is 392 g/mol. The van der Waals surface area contributed by atoms with E-state index in [9.17, 15) is 0 Å². The largest absolute Gasteiger partial charge is 0.384 e. The number of thioether (sulfide) groups is 1. The highest BCUT2D eigenvalue weighted by molar-refractivity contribution is 7.98. The second-order valence-corrected chi connectivity index (χ2v) is 8.95. The highest BCUT2D eigenvalue weighted by Crippen LogP contribution is 2.48. The summed E-state index contributed by atoms with van der Waals surface area (Å²) in [5, 5.41) is 0.853. The number of hydrogen-bond donors (Lipinski definition) is 0. The van der Waals surface area contributed by atoms with Crippen LogP contribution in [-0.4, -0.2) is 80.3 Å². The average Bonchev–Trinajstić information content (AvgIpc) is 2.74. The van der Waals surface area contributed by atoms with Crippen molar-refractivity contribution in [3.05, 3.63) is 12.3 Å². The van der Waals surface area contributed by atoms with E-state index in [1.54, 1.807) is 11.8 Å². The van der Waals surface area contributed by atoms with Crippen molar-refractivity contribution < 1.29 is 9.47 Å². The van der Waals surface area contributed by atoms with Crippen molar-refractivity contribution >= 4 is 17.6 Å². The van der Waals surface area contributed by atoms with Crippen LogP contribution >= 0.6 is 11.8 Å². The molecule has 1 aliphatic carbocycles. The van der Waals surface area contributed by atoms with Crippen LogP contribution in [0, 0.1) is 11.3 Å². The Morgan fingerprint density at radius 1 is 1.30 bits per heavy atom. The zero-order valence-electron chi connectivity index (χ0n) is 16.6. The number of methoxy groups -OCH3 is 1. The van der Waals surface area contributed by atoms with Crippen molar-refractivity contribution in [1.29, 1.82) is 0 Å². The van der Waals surface area contributed by atoms with E-state index < -0.39 is 0 Å². The quantitative estimate of drug-likeness (QED) is 0.564. The molecule has 1 aromatic heterocycles. The lowest BCUT2D eigenvalue weighted by Gasteiger charge is -2.54. The van der Waals surface area contributed by atoms with Crippen LogP contribution in [0.1, 0.15) is 25.7 Å². The lowest BCUT2D eigenvalue weighted by Crippen LogP contribution is -2.57. The van der Waals surface area contributed by atoms with Crippen molar-refractivity contribution in [3.8, 4) is 0 Å². The number of morpholine rings is 1. The van der Waals surface area contributed by atoms with Crippen LogP contribution < -0.4 is 4.90 Å². The molecule has 1 aromatic rings. The Bertz CT molecular complexity index is 628. The smallest absolute Gasteiger partial charge is 0.189 e. The van der Waals surface area contributed by atoms with Crippen LogP contribution in [0.5, 0.6) is 0 Å². The highest BCUT2D eigenvalue weighted by atomic mass is 32.2. The normalized spacial score (nSPS) is 32.3. The molecule has 0 amide bonds. The maximum absolute atomic E-state index is 5.75. The molecule has 3 aliphatic rings. The molecule has 2 saturated heterocycles. The molecule has 0 unspecified atom stereocenters. The fourth-order valence-electron chi connectivity index (χ4n) is 5.36. The van der Waals surface area contributed by atoms with Gasteiger partial charge in [0.1, 0.15) is 5.82 Å². The fourth-order valence-corrected chi connectivity index (χ4v) is 5.71. The van der Waals surface area contributed by atoms with Crippen LogP contribution in [0.4, 0.5) is 5.82 Å². The average molecular weight is 393 g/mol. The molecular formula is C20H32N4O2S. The standard InChI is InChI=1S/C20H32N4O2S/c1-25-15-20-6-3-17(23-9-11-26-12-10-23)13-16(20)5-8-24(14-20)18-4-7-21-19(22-18)27-2/h4,7,16-17H,3,5-6,8-15H2,1-2H3/t16-,17-,20+/m1/s1. The highest BCUT2D eigenvalue weighted by Gasteiger charge is 2.48. The molecule has 0 N–H and O–H groups in total. The summed E-state index contributed by atoms with van der Waals surface area (Å²) in [5.41, 5.74) is 0.250. The first-order valence-corrected chi connectivity index (χ1v) is 11.4. The lowest BCUT2D eigenvalue weighted by atomic mass is 9.62. The van der Waals surface area contributed by atoms with Gasteiger partial charge in [-0.2, -0.15) is 0 Å². The summed E-state index contributed by atoms with van der Waals surface area (Å²) in [7, 11) is 1.86. The third kappa shape index (κ3) is 4.11. The Hall–Kier alpha value is -0.890. The summed E-state index contributed by atoms with van der Waals surface area (Å²) >= 11 is 1.61. The molecule has 0 radical (unpaired) electrons. The summed E-state index contributed by atoms with van der Waals surface area (Å²) in [5.74, 6) is 1.80. The second kappa shape index (κ2) is 8.64. The van der Waals surface area contributed by atoms with Gasteiger partial charge in [0.25, 0.3) is 0 Å². The van der Waals surface area contributed by atoms with E-state index >= 15 is 0 Å². The van der Waals surface area contributed by atoms with E-state index in [0.29, 0.717) is 0 Å². The minimum Gasteiger partial charge on any atom is -0.384 e. The van der Waals surface area contributed by atoms with Gasteiger partial charge >= 0.3 is 0 Å². The van der Waals surface area contributed by atoms with Crippen LogP contribution in [-0.2, 0) is 9.47 Å². The predicted molar refractivity (Wildman–Crippen MR) is 108 cm³/mol. The van der Waals surface area contributed by atoms with E-state index in [2.05, 4.69) is 20.9 Å². The van der Waals surface area contributed by atoms with E-state index in [1.165, 1.54) is 25.7 Å². The molecule has 150 valence electrons. The molecule has 0 spiro atoms. The Kier molecular flexibility index (Phi) is 6.21. The van der Waals surface area contributed by atoms with Gasteiger partial charge < -0.3 is 14.4 Å². The summed E-state index contributed by atoms with van der Waals surface area (Å²) in [6, 6.07) is 2.78. The third-order valence-corrected chi connectivity index (χ3v) is 7.33. The van der Waals surface area contributed by atoms with Gasteiger partial charge in [-0.3, -0.25) is 4.90 Å². The van der Waals surface area contributed by atoms with Gasteiger partial charge in [0, 0.05) is 50.9 Å². The van der Waals surface area contributed by atoms with Crippen LogP contribution in [0.3, 0.4) is 0 Å². The molecule has 4 rings (SSSR count). The molecule has 6 nitrogen and oxygen atoms in total. The van der Waals surface area contributed by atoms with Crippen LogP contribution in [0.25, 0.3) is 0 Å². The fraction of sp³-hybridized carbons (Fsp3) is 0.800. The van der Waals surface area contributed by atoms with E-state index in [-0.39, 0.29) is 5.41 Å². The molecule has 0 aromatic carbocycles. The van der Waals surface area contributed by atoms with Crippen molar-refractivity contribution in [2.24, 2.45) is 11.3 Å². The second-order valence-electron chi connectivity index (χ2n) is 8.18. The summed E-state index contributed by atoms with van der Waals surface area (Å²) < 4.78 is 11.3. The summed E-state index contributed by atoms with van der Waals surface area (Å²) in [4.78, 5) is 14.2. The number of fused-ring (bicyclic) bond motifs is 1. The number of anilines is 1. The molecular weight excluding hydrogens is 360 g/mol. The minimum absolute atomic E-state index is 0.250. The van der Waals surface area contributed by atoms with Crippen LogP contribution in [0.2, 0.25) is 0 Å². The number of ether oxygens (including phenoxy) is 2. The third-order valence-electron chi connectivity index (χ3n) is 6.77. The first-order valence-electron chi connectivity index (χ1n) is 10.2. The van der Waals surface area contributed by atoms with Gasteiger partial charge in [0.15, 0.2) is 5.16 Å². The predicted octanol–water partition coefficient (Wildman–Crippen LogP) is 2.54. The maximum Gasteiger partial charge on any atom is 0.189 e. The minimum atomic E-state index is 0.250. The molecule has 2 aliphatic heterocycles. The number of piperidine rings is 1.